The van der Waals surface area contributed by atoms with Crippen LogP contribution in [0.5, 0.6) is 0 Å². The third-order valence-corrected chi connectivity index (χ3v) is 6.50. The van der Waals surface area contributed by atoms with Gasteiger partial charge in [0.05, 0.1) is 16.3 Å². The minimum Gasteiger partial charge on any atom is -0.480 e. The van der Waals surface area contributed by atoms with Gasteiger partial charge in [0.25, 0.3) is 0 Å². The summed E-state index contributed by atoms with van der Waals surface area (Å²) >= 11 is 1.67. The molecule has 1 aromatic heterocycles. The molecule has 5 heteroatoms. The number of rotatable bonds is 5. The molecule has 2 atom stereocenters. The molecule has 27 heavy (non-hydrogen) atoms. The van der Waals surface area contributed by atoms with Gasteiger partial charge in [0.1, 0.15) is 11.0 Å². The molecule has 140 valence electrons. The lowest BCUT2D eigenvalue weighted by Crippen LogP contribution is -2.46. The van der Waals surface area contributed by atoms with Crippen LogP contribution in [0.15, 0.2) is 48.5 Å². The quantitative estimate of drug-likeness (QED) is 0.685. The number of thiazole rings is 1. The predicted octanol–water partition coefficient (Wildman–Crippen LogP) is 4.89. The Hall–Kier alpha value is -2.24. The van der Waals surface area contributed by atoms with E-state index in [1.165, 1.54) is 5.56 Å². The van der Waals surface area contributed by atoms with Crippen molar-refractivity contribution in [3.63, 3.8) is 0 Å². The molecule has 1 fully saturated rings. The van der Waals surface area contributed by atoms with Crippen LogP contribution >= 0.6 is 11.3 Å². The molecule has 4 rings (SSSR count). The summed E-state index contributed by atoms with van der Waals surface area (Å²) in [5.74, 6) is -0.731. The highest BCUT2D eigenvalue weighted by atomic mass is 32.1. The number of aliphatic carboxylic acids is 1. The molecule has 0 amide bonds. The van der Waals surface area contributed by atoms with Crippen molar-refractivity contribution in [3.05, 3.63) is 64.7 Å². The molecule has 0 radical (unpaired) electrons. The van der Waals surface area contributed by atoms with Crippen molar-refractivity contribution in [1.82, 2.24) is 9.88 Å². The van der Waals surface area contributed by atoms with Gasteiger partial charge in [-0.3, -0.25) is 9.69 Å². The Morgan fingerprint density at radius 1 is 1.22 bits per heavy atom. The molecule has 0 spiro atoms. The number of piperidine rings is 1. The zero-order valence-corrected chi connectivity index (χ0v) is 16.3. The molecule has 3 aromatic rings. The Morgan fingerprint density at radius 2 is 2.00 bits per heavy atom. The molecule has 2 heterocycles. The van der Waals surface area contributed by atoms with Crippen LogP contribution < -0.4 is 0 Å². The van der Waals surface area contributed by atoms with Crippen molar-refractivity contribution >= 4 is 27.5 Å². The molecule has 0 saturated carbocycles. The van der Waals surface area contributed by atoms with Crippen LogP contribution in [0, 0.1) is 0 Å². The van der Waals surface area contributed by atoms with Gasteiger partial charge in [0, 0.05) is 6.54 Å². The molecule has 1 N–H and O–H groups in total. The number of nitrogens with zero attached hydrogens (tertiary/aromatic N) is 2. The Morgan fingerprint density at radius 3 is 2.70 bits per heavy atom. The average molecular weight is 381 g/mol. The number of carbonyl (C=O) groups is 1. The minimum absolute atomic E-state index is 0.116. The maximum atomic E-state index is 11.9. The number of carboxylic acids is 1. The standard InChI is InChI=1S/C22H24N2O2S/c1-2-15-10-12-16(13-11-15)20(24-14-6-5-8-18(24)22(25)26)21-23-17-7-3-4-9-19(17)27-21/h3-4,7,9-13,18,20H,2,5-6,8,14H2,1H3,(H,25,26). The van der Waals surface area contributed by atoms with Gasteiger partial charge in [-0.2, -0.15) is 0 Å². The largest absolute Gasteiger partial charge is 0.480 e. The monoisotopic (exact) mass is 380 g/mol. The summed E-state index contributed by atoms with van der Waals surface area (Å²) in [6.45, 7) is 2.93. The number of para-hydroxylation sites is 1. The maximum absolute atomic E-state index is 11.9. The second-order valence-electron chi connectivity index (χ2n) is 7.11. The molecule has 2 unspecified atom stereocenters. The third kappa shape index (κ3) is 3.62. The summed E-state index contributed by atoms with van der Waals surface area (Å²) in [6, 6.07) is 16.1. The lowest BCUT2D eigenvalue weighted by atomic mass is 9.95. The van der Waals surface area contributed by atoms with Crippen molar-refractivity contribution in [1.29, 1.82) is 0 Å². The van der Waals surface area contributed by atoms with E-state index >= 15 is 0 Å². The van der Waals surface area contributed by atoms with Crippen LogP contribution in [0.25, 0.3) is 10.2 Å². The van der Waals surface area contributed by atoms with Crippen LogP contribution in [-0.2, 0) is 11.2 Å². The van der Waals surface area contributed by atoms with Crippen LogP contribution in [0.1, 0.15) is 48.4 Å². The fourth-order valence-electron chi connectivity index (χ4n) is 3.95. The zero-order chi connectivity index (χ0) is 18.8. The highest BCUT2D eigenvalue weighted by Crippen LogP contribution is 2.38. The van der Waals surface area contributed by atoms with Crippen molar-refractivity contribution in [2.45, 2.75) is 44.7 Å². The van der Waals surface area contributed by atoms with Gasteiger partial charge in [-0.05, 0) is 42.5 Å². The summed E-state index contributed by atoms with van der Waals surface area (Å²) in [6.07, 6.45) is 3.68. The van der Waals surface area contributed by atoms with Gasteiger partial charge >= 0.3 is 5.97 Å². The number of fused-ring (bicyclic) bond motifs is 1. The van der Waals surface area contributed by atoms with E-state index in [0.717, 1.165) is 46.6 Å². The lowest BCUT2D eigenvalue weighted by Gasteiger charge is -2.38. The third-order valence-electron chi connectivity index (χ3n) is 5.41. The Bertz CT molecular complexity index is 902. The molecule has 0 bridgehead atoms. The lowest BCUT2D eigenvalue weighted by molar-refractivity contribution is -0.145. The summed E-state index contributed by atoms with van der Waals surface area (Å²) < 4.78 is 1.14. The van der Waals surface area contributed by atoms with Crippen LogP contribution in [0.4, 0.5) is 0 Å². The fraction of sp³-hybridized carbons (Fsp3) is 0.364. The van der Waals surface area contributed by atoms with Crippen molar-refractivity contribution in [3.8, 4) is 0 Å². The number of aromatic nitrogens is 1. The summed E-state index contributed by atoms with van der Waals surface area (Å²) in [5, 5.41) is 10.8. The number of benzene rings is 2. The van der Waals surface area contributed by atoms with Crippen LogP contribution in [-0.4, -0.2) is 33.5 Å². The first kappa shape index (κ1) is 18.1. The smallest absolute Gasteiger partial charge is 0.320 e. The number of carboxylic acid groups (broad SMARTS) is 1. The van der Waals surface area contributed by atoms with Gasteiger partial charge in [0.15, 0.2) is 0 Å². The summed E-state index contributed by atoms with van der Waals surface area (Å²) in [5.41, 5.74) is 3.39. The highest BCUT2D eigenvalue weighted by molar-refractivity contribution is 7.18. The van der Waals surface area contributed by atoms with Crippen molar-refractivity contribution in [2.24, 2.45) is 0 Å². The van der Waals surface area contributed by atoms with Gasteiger partial charge in [0.2, 0.25) is 0 Å². The maximum Gasteiger partial charge on any atom is 0.320 e. The molecule has 4 nitrogen and oxygen atoms in total. The van der Waals surface area contributed by atoms with Gasteiger partial charge in [-0.1, -0.05) is 49.7 Å². The topological polar surface area (TPSA) is 53.4 Å². The molecule has 1 saturated heterocycles. The van der Waals surface area contributed by atoms with E-state index < -0.39 is 12.0 Å². The van der Waals surface area contributed by atoms with E-state index in [1.54, 1.807) is 11.3 Å². The van der Waals surface area contributed by atoms with E-state index in [9.17, 15) is 9.90 Å². The van der Waals surface area contributed by atoms with Crippen molar-refractivity contribution in [2.75, 3.05) is 6.54 Å². The second kappa shape index (κ2) is 7.79. The number of hydrogen-bond donors (Lipinski definition) is 1. The van der Waals surface area contributed by atoms with Gasteiger partial charge in [-0.25, -0.2) is 4.98 Å². The van der Waals surface area contributed by atoms with E-state index in [4.69, 9.17) is 4.98 Å². The average Bonchev–Trinajstić information content (AvgIpc) is 3.12. The summed E-state index contributed by atoms with van der Waals surface area (Å²) in [7, 11) is 0. The first-order chi connectivity index (χ1) is 13.2. The number of likely N-dealkylation sites (tertiary alicyclic amines) is 1. The Labute approximate surface area is 163 Å². The van der Waals surface area contributed by atoms with E-state index in [1.807, 2.05) is 18.2 Å². The molecular weight excluding hydrogens is 356 g/mol. The Kier molecular flexibility index (Phi) is 5.23. The molecule has 2 aromatic carbocycles. The molecular formula is C22H24N2O2S. The van der Waals surface area contributed by atoms with E-state index in [0.29, 0.717) is 6.42 Å². The van der Waals surface area contributed by atoms with Gasteiger partial charge in [-0.15, -0.1) is 11.3 Å². The first-order valence-electron chi connectivity index (χ1n) is 9.60. The van der Waals surface area contributed by atoms with Crippen LogP contribution in [0.2, 0.25) is 0 Å². The van der Waals surface area contributed by atoms with Gasteiger partial charge < -0.3 is 5.11 Å². The molecule has 1 aliphatic heterocycles. The second-order valence-corrected chi connectivity index (χ2v) is 8.17. The summed E-state index contributed by atoms with van der Waals surface area (Å²) in [4.78, 5) is 19.0. The zero-order valence-electron chi connectivity index (χ0n) is 15.5. The molecule has 1 aliphatic rings. The highest BCUT2D eigenvalue weighted by Gasteiger charge is 2.36. The first-order valence-corrected chi connectivity index (χ1v) is 10.4. The number of aryl methyl sites for hydroxylation is 1. The van der Waals surface area contributed by atoms with E-state index in [-0.39, 0.29) is 6.04 Å². The van der Waals surface area contributed by atoms with E-state index in [2.05, 4.69) is 42.2 Å². The minimum atomic E-state index is -0.731. The van der Waals surface area contributed by atoms with Crippen molar-refractivity contribution < 1.29 is 9.90 Å². The number of hydrogen-bond acceptors (Lipinski definition) is 4. The predicted molar refractivity (Wildman–Crippen MR) is 109 cm³/mol. The SMILES string of the molecule is CCc1ccc(C(c2nc3ccccc3s2)N2CCCCC2C(=O)O)cc1. The normalized spacial score (nSPS) is 19.2. The Balaban J connectivity index is 1.81. The molecule has 0 aliphatic carbocycles. The fourth-order valence-corrected chi connectivity index (χ4v) is 5.06. The van der Waals surface area contributed by atoms with Crippen LogP contribution in [0.3, 0.4) is 0 Å².